The Hall–Kier alpha value is -2.33. The van der Waals surface area contributed by atoms with Crippen molar-refractivity contribution in [2.45, 2.75) is 19.4 Å². The van der Waals surface area contributed by atoms with Crippen LogP contribution in [0.5, 0.6) is 0 Å². The molecule has 23 heavy (non-hydrogen) atoms. The standard InChI is InChI=1S/C19H20N2O2/c22-19(23)14-7-8-16-15-5-1-2-6-17(15)21(18(16)13-14)12-11-20-9-3-4-10-20/h1-2,5-8,13H,3-4,9-12H2,(H,22,23). The van der Waals surface area contributed by atoms with Gasteiger partial charge in [0.2, 0.25) is 0 Å². The molecule has 0 bridgehead atoms. The van der Waals surface area contributed by atoms with Gasteiger partial charge in [0.05, 0.1) is 5.56 Å². The maximum Gasteiger partial charge on any atom is 0.335 e. The summed E-state index contributed by atoms with van der Waals surface area (Å²) in [6, 6.07) is 13.8. The highest BCUT2D eigenvalue weighted by Gasteiger charge is 2.15. The number of carbonyl (C=O) groups is 1. The second-order valence-corrected chi connectivity index (χ2v) is 6.25. The minimum absolute atomic E-state index is 0.350. The summed E-state index contributed by atoms with van der Waals surface area (Å²) in [4.78, 5) is 13.8. The quantitative estimate of drug-likeness (QED) is 0.801. The lowest BCUT2D eigenvalue weighted by atomic mass is 10.1. The summed E-state index contributed by atoms with van der Waals surface area (Å²) in [6.45, 7) is 4.27. The molecule has 0 aliphatic carbocycles. The van der Waals surface area contributed by atoms with Crippen LogP contribution in [0, 0.1) is 0 Å². The predicted molar refractivity (Wildman–Crippen MR) is 92.1 cm³/mol. The predicted octanol–water partition coefficient (Wildman–Crippen LogP) is 3.59. The van der Waals surface area contributed by atoms with Gasteiger partial charge in [0.25, 0.3) is 0 Å². The molecule has 4 nitrogen and oxygen atoms in total. The molecule has 0 radical (unpaired) electrons. The summed E-state index contributed by atoms with van der Waals surface area (Å²) in [5, 5.41) is 11.6. The molecule has 3 aromatic rings. The number of likely N-dealkylation sites (tertiary alicyclic amines) is 1. The van der Waals surface area contributed by atoms with Crippen molar-refractivity contribution in [2.75, 3.05) is 19.6 Å². The van der Waals surface area contributed by atoms with E-state index in [0.29, 0.717) is 5.56 Å². The number of hydrogen-bond acceptors (Lipinski definition) is 2. The number of fused-ring (bicyclic) bond motifs is 3. The average molecular weight is 308 g/mol. The number of aromatic nitrogens is 1. The van der Waals surface area contributed by atoms with E-state index in [1.54, 1.807) is 6.07 Å². The number of nitrogens with zero attached hydrogens (tertiary/aromatic N) is 2. The second kappa shape index (κ2) is 5.70. The van der Waals surface area contributed by atoms with E-state index in [4.69, 9.17) is 0 Å². The average Bonchev–Trinajstić information content (AvgIpc) is 3.18. The summed E-state index contributed by atoms with van der Waals surface area (Å²) in [5.74, 6) is -0.872. The van der Waals surface area contributed by atoms with E-state index in [9.17, 15) is 9.90 Å². The molecular weight excluding hydrogens is 288 g/mol. The molecule has 4 rings (SSSR count). The van der Waals surface area contributed by atoms with Crippen LogP contribution in [-0.4, -0.2) is 40.2 Å². The van der Waals surface area contributed by atoms with Gasteiger partial charge in [-0.25, -0.2) is 4.79 Å². The number of para-hydroxylation sites is 1. The van der Waals surface area contributed by atoms with Crippen molar-refractivity contribution < 1.29 is 9.90 Å². The number of carboxylic acids is 1. The Kier molecular flexibility index (Phi) is 3.54. The molecule has 0 unspecified atom stereocenters. The summed E-state index contributed by atoms with van der Waals surface area (Å²) >= 11 is 0. The maximum atomic E-state index is 11.3. The van der Waals surface area contributed by atoms with E-state index in [0.717, 1.165) is 24.0 Å². The monoisotopic (exact) mass is 308 g/mol. The fourth-order valence-corrected chi connectivity index (χ4v) is 3.67. The van der Waals surface area contributed by atoms with Gasteiger partial charge in [-0.3, -0.25) is 0 Å². The zero-order chi connectivity index (χ0) is 15.8. The lowest BCUT2D eigenvalue weighted by Gasteiger charge is -2.16. The molecular formula is C19H20N2O2. The molecule has 4 heteroatoms. The Morgan fingerprint density at radius 1 is 0.957 bits per heavy atom. The van der Waals surface area contributed by atoms with Gasteiger partial charge in [-0.1, -0.05) is 24.3 Å². The third-order valence-electron chi connectivity index (χ3n) is 4.86. The molecule has 1 aliphatic heterocycles. The van der Waals surface area contributed by atoms with E-state index in [1.165, 1.54) is 36.8 Å². The van der Waals surface area contributed by atoms with Crippen molar-refractivity contribution in [1.82, 2.24) is 9.47 Å². The van der Waals surface area contributed by atoms with E-state index >= 15 is 0 Å². The molecule has 0 spiro atoms. The smallest absolute Gasteiger partial charge is 0.335 e. The van der Waals surface area contributed by atoms with Crippen LogP contribution in [0.2, 0.25) is 0 Å². The molecule has 1 saturated heterocycles. The fourth-order valence-electron chi connectivity index (χ4n) is 3.67. The Morgan fingerprint density at radius 2 is 1.70 bits per heavy atom. The molecule has 0 saturated carbocycles. The molecule has 0 atom stereocenters. The van der Waals surface area contributed by atoms with Crippen molar-refractivity contribution in [3.05, 3.63) is 48.0 Å². The van der Waals surface area contributed by atoms with Crippen LogP contribution in [0.4, 0.5) is 0 Å². The molecule has 1 aromatic heterocycles. The molecule has 1 N–H and O–H groups in total. The van der Waals surface area contributed by atoms with E-state index in [1.807, 2.05) is 24.3 Å². The first kappa shape index (κ1) is 14.3. The van der Waals surface area contributed by atoms with Gasteiger partial charge in [0.15, 0.2) is 0 Å². The van der Waals surface area contributed by atoms with Gasteiger partial charge in [-0.15, -0.1) is 0 Å². The molecule has 1 fully saturated rings. The summed E-state index contributed by atoms with van der Waals surface area (Å²) in [7, 11) is 0. The van der Waals surface area contributed by atoms with Gasteiger partial charge >= 0.3 is 5.97 Å². The van der Waals surface area contributed by atoms with Crippen molar-refractivity contribution in [3.8, 4) is 0 Å². The van der Waals surface area contributed by atoms with Crippen LogP contribution < -0.4 is 0 Å². The van der Waals surface area contributed by atoms with Gasteiger partial charge in [0.1, 0.15) is 0 Å². The third kappa shape index (κ3) is 2.49. The van der Waals surface area contributed by atoms with Crippen LogP contribution >= 0.6 is 0 Å². The Labute approximate surface area is 134 Å². The lowest BCUT2D eigenvalue weighted by molar-refractivity contribution is 0.0697. The van der Waals surface area contributed by atoms with E-state index in [2.05, 4.69) is 21.6 Å². The highest BCUT2D eigenvalue weighted by Crippen LogP contribution is 2.29. The highest BCUT2D eigenvalue weighted by atomic mass is 16.4. The number of aromatic carboxylic acids is 1. The lowest BCUT2D eigenvalue weighted by Crippen LogP contribution is -2.24. The van der Waals surface area contributed by atoms with Crippen molar-refractivity contribution in [1.29, 1.82) is 0 Å². The first-order valence-electron chi connectivity index (χ1n) is 8.21. The molecule has 1 aliphatic rings. The molecule has 2 heterocycles. The molecule has 0 amide bonds. The van der Waals surface area contributed by atoms with Gasteiger partial charge in [-0.2, -0.15) is 0 Å². The number of benzene rings is 2. The van der Waals surface area contributed by atoms with Crippen molar-refractivity contribution in [2.24, 2.45) is 0 Å². The Balaban J connectivity index is 1.83. The zero-order valence-electron chi connectivity index (χ0n) is 13.0. The third-order valence-corrected chi connectivity index (χ3v) is 4.86. The van der Waals surface area contributed by atoms with Gasteiger partial charge in [0, 0.05) is 34.9 Å². The van der Waals surface area contributed by atoms with Crippen molar-refractivity contribution >= 4 is 27.8 Å². The van der Waals surface area contributed by atoms with Crippen molar-refractivity contribution in [3.63, 3.8) is 0 Å². The molecule has 2 aromatic carbocycles. The first-order chi connectivity index (χ1) is 11.2. The van der Waals surface area contributed by atoms with Crippen LogP contribution in [-0.2, 0) is 6.54 Å². The number of hydrogen-bond donors (Lipinski definition) is 1. The largest absolute Gasteiger partial charge is 0.478 e. The Morgan fingerprint density at radius 3 is 2.48 bits per heavy atom. The minimum Gasteiger partial charge on any atom is -0.478 e. The fraction of sp³-hybridized carbons (Fsp3) is 0.316. The van der Waals surface area contributed by atoms with E-state index in [-0.39, 0.29) is 0 Å². The van der Waals surface area contributed by atoms with Gasteiger partial charge < -0.3 is 14.6 Å². The highest BCUT2D eigenvalue weighted by molar-refractivity contribution is 6.09. The number of carboxylic acid groups (broad SMARTS) is 1. The zero-order valence-corrected chi connectivity index (χ0v) is 13.0. The maximum absolute atomic E-state index is 11.3. The van der Waals surface area contributed by atoms with Crippen LogP contribution in [0.15, 0.2) is 42.5 Å². The Bertz CT molecular complexity index is 876. The normalized spacial score (nSPS) is 15.7. The topological polar surface area (TPSA) is 45.5 Å². The van der Waals surface area contributed by atoms with Crippen LogP contribution in [0.25, 0.3) is 21.8 Å². The van der Waals surface area contributed by atoms with Crippen LogP contribution in [0.1, 0.15) is 23.2 Å². The summed E-state index contributed by atoms with van der Waals surface area (Å²) in [5.41, 5.74) is 2.55. The number of rotatable bonds is 4. The van der Waals surface area contributed by atoms with E-state index < -0.39 is 5.97 Å². The van der Waals surface area contributed by atoms with Crippen LogP contribution in [0.3, 0.4) is 0 Å². The summed E-state index contributed by atoms with van der Waals surface area (Å²) in [6.07, 6.45) is 2.58. The second-order valence-electron chi connectivity index (χ2n) is 6.25. The molecule has 118 valence electrons. The SMILES string of the molecule is O=C(O)c1ccc2c3ccccc3n(CCN3CCCC3)c2c1. The summed E-state index contributed by atoms with van der Waals surface area (Å²) < 4.78 is 2.27. The minimum atomic E-state index is -0.872. The van der Waals surface area contributed by atoms with Gasteiger partial charge in [-0.05, 0) is 44.1 Å². The first-order valence-corrected chi connectivity index (χ1v) is 8.21.